The Morgan fingerprint density at radius 1 is 1.38 bits per heavy atom. The van der Waals surface area contributed by atoms with Crippen molar-refractivity contribution in [3.63, 3.8) is 0 Å². The maximum Gasteiger partial charge on any atom is 0.315 e. The van der Waals surface area contributed by atoms with Crippen LogP contribution in [0.4, 0.5) is 10.4 Å². The van der Waals surface area contributed by atoms with Crippen LogP contribution >= 0.6 is 11.6 Å². The van der Waals surface area contributed by atoms with Crippen molar-refractivity contribution in [2.24, 2.45) is 0 Å². The van der Waals surface area contributed by atoms with E-state index in [0.29, 0.717) is 12.4 Å². The van der Waals surface area contributed by atoms with Crippen molar-refractivity contribution in [1.29, 1.82) is 0 Å². The van der Waals surface area contributed by atoms with Crippen LogP contribution in [0, 0.1) is 5.82 Å². The van der Waals surface area contributed by atoms with Gasteiger partial charge in [0.05, 0.1) is 0 Å². The van der Waals surface area contributed by atoms with Crippen molar-refractivity contribution in [2.75, 3.05) is 5.32 Å². The minimum atomic E-state index is -0.272. The molecule has 0 amide bonds. The number of hydrogen-bond donors (Lipinski definition) is 1. The maximum atomic E-state index is 12.9. The van der Waals surface area contributed by atoms with Crippen molar-refractivity contribution < 1.29 is 8.81 Å². The highest BCUT2D eigenvalue weighted by Crippen LogP contribution is 2.10. The highest BCUT2D eigenvalue weighted by atomic mass is 35.5. The second-order valence-electron chi connectivity index (χ2n) is 3.12. The third kappa shape index (κ3) is 2.70. The standard InChI is InChI=1S/C10H9ClFN3O/c11-5-9-14-15-10(16-9)13-6-7-2-1-3-8(12)4-7/h1-4H,5-6H2,(H,13,15). The number of benzene rings is 1. The molecule has 0 radical (unpaired) electrons. The van der Waals surface area contributed by atoms with Crippen LogP contribution in [0.1, 0.15) is 11.5 Å². The van der Waals surface area contributed by atoms with E-state index in [1.54, 1.807) is 12.1 Å². The molecular weight excluding hydrogens is 233 g/mol. The molecule has 0 aliphatic heterocycles. The number of halogens is 2. The molecule has 0 unspecified atom stereocenters. The number of nitrogens with zero attached hydrogens (tertiary/aromatic N) is 2. The number of alkyl halides is 1. The van der Waals surface area contributed by atoms with E-state index >= 15 is 0 Å². The van der Waals surface area contributed by atoms with E-state index in [2.05, 4.69) is 15.5 Å². The normalized spacial score (nSPS) is 10.4. The topological polar surface area (TPSA) is 51.0 Å². The van der Waals surface area contributed by atoms with E-state index in [1.165, 1.54) is 12.1 Å². The first-order valence-corrected chi connectivity index (χ1v) is 5.18. The molecule has 4 nitrogen and oxygen atoms in total. The fourth-order valence-electron chi connectivity index (χ4n) is 1.20. The Bertz CT molecular complexity index is 475. The van der Waals surface area contributed by atoms with Crippen LogP contribution in [-0.2, 0) is 12.4 Å². The Balaban J connectivity index is 1.96. The lowest BCUT2D eigenvalue weighted by Gasteiger charge is -2.01. The van der Waals surface area contributed by atoms with Crippen LogP contribution in [0.3, 0.4) is 0 Å². The van der Waals surface area contributed by atoms with E-state index in [4.69, 9.17) is 16.0 Å². The van der Waals surface area contributed by atoms with Crippen LogP contribution in [-0.4, -0.2) is 10.2 Å². The van der Waals surface area contributed by atoms with Gasteiger partial charge in [-0.3, -0.25) is 0 Å². The van der Waals surface area contributed by atoms with E-state index < -0.39 is 0 Å². The third-order valence-electron chi connectivity index (χ3n) is 1.91. The van der Waals surface area contributed by atoms with Crippen molar-refractivity contribution in [3.8, 4) is 0 Å². The molecule has 0 aliphatic carbocycles. The first-order valence-electron chi connectivity index (χ1n) is 4.64. The summed E-state index contributed by atoms with van der Waals surface area (Å²) >= 11 is 5.50. The fourth-order valence-corrected chi connectivity index (χ4v) is 1.31. The highest BCUT2D eigenvalue weighted by molar-refractivity contribution is 6.16. The van der Waals surface area contributed by atoms with Gasteiger partial charge in [0.2, 0.25) is 5.89 Å². The number of aromatic nitrogens is 2. The molecule has 0 aliphatic rings. The van der Waals surface area contributed by atoms with Gasteiger partial charge < -0.3 is 9.73 Å². The summed E-state index contributed by atoms with van der Waals surface area (Å²) in [4.78, 5) is 0. The molecule has 1 aromatic heterocycles. The summed E-state index contributed by atoms with van der Waals surface area (Å²) in [6.07, 6.45) is 0. The van der Waals surface area contributed by atoms with Crippen LogP contribution in [0.25, 0.3) is 0 Å². The number of anilines is 1. The van der Waals surface area contributed by atoms with E-state index in [-0.39, 0.29) is 17.7 Å². The van der Waals surface area contributed by atoms with Gasteiger partial charge in [0.15, 0.2) is 0 Å². The average Bonchev–Trinajstić information content (AvgIpc) is 2.74. The predicted molar refractivity (Wildman–Crippen MR) is 57.6 cm³/mol. The van der Waals surface area contributed by atoms with E-state index in [0.717, 1.165) is 5.56 Å². The molecule has 1 heterocycles. The zero-order chi connectivity index (χ0) is 11.4. The molecule has 6 heteroatoms. The molecule has 0 saturated heterocycles. The molecule has 0 atom stereocenters. The second-order valence-corrected chi connectivity index (χ2v) is 3.39. The Hall–Kier alpha value is -1.62. The Morgan fingerprint density at radius 2 is 2.25 bits per heavy atom. The first-order chi connectivity index (χ1) is 7.78. The van der Waals surface area contributed by atoms with Crippen molar-refractivity contribution in [3.05, 3.63) is 41.5 Å². The van der Waals surface area contributed by atoms with Crippen molar-refractivity contribution >= 4 is 17.6 Å². The first kappa shape index (κ1) is 10.9. The van der Waals surface area contributed by atoms with Gasteiger partial charge in [0.25, 0.3) is 0 Å². The summed E-state index contributed by atoms with van der Waals surface area (Å²) in [6, 6.07) is 6.55. The summed E-state index contributed by atoms with van der Waals surface area (Å²) in [5.41, 5.74) is 0.797. The zero-order valence-electron chi connectivity index (χ0n) is 8.28. The van der Waals surface area contributed by atoms with Crippen molar-refractivity contribution in [1.82, 2.24) is 10.2 Å². The summed E-state index contributed by atoms with van der Waals surface area (Å²) in [5.74, 6) is 0.254. The number of rotatable bonds is 4. The van der Waals surface area contributed by atoms with Gasteiger partial charge in [-0.2, -0.15) is 0 Å². The Labute approximate surface area is 96.4 Å². The molecule has 0 bridgehead atoms. The Morgan fingerprint density at radius 3 is 2.94 bits per heavy atom. The number of hydrogen-bond acceptors (Lipinski definition) is 4. The highest BCUT2D eigenvalue weighted by Gasteiger charge is 2.03. The van der Waals surface area contributed by atoms with E-state index in [1.807, 2.05) is 0 Å². The van der Waals surface area contributed by atoms with Gasteiger partial charge in [-0.1, -0.05) is 17.2 Å². The van der Waals surface area contributed by atoms with Crippen LogP contribution in [0.2, 0.25) is 0 Å². The molecule has 1 N–H and O–H groups in total. The molecule has 2 rings (SSSR count). The lowest BCUT2D eigenvalue weighted by Crippen LogP contribution is -1.99. The van der Waals surface area contributed by atoms with Crippen LogP contribution < -0.4 is 5.32 Å². The molecule has 2 aromatic rings. The molecule has 16 heavy (non-hydrogen) atoms. The fraction of sp³-hybridized carbons (Fsp3) is 0.200. The monoisotopic (exact) mass is 241 g/mol. The molecular formula is C10H9ClFN3O. The smallest absolute Gasteiger partial charge is 0.315 e. The summed E-state index contributed by atoms with van der Waals surface area (Å²) in [5, 5.41) is 10.3. The van der Waals surface area contributed by atoms with Gasteiger partial charge in [-0.05, 0) is 17.7 Å². The second kappa shape index (κ2) is 4.94. The number of nitrogens with one attached hydrogen (secondary N) is 1. The van der Waals surface area contributed by atoms with Gasteiger partial charge in [0.1, 0.15) is 11.7 Å². The van der Waals surface area contributed by atoms with Gasteiger partial charge in [-0.25, -0.2) is 4.39 Å². The molecule has 84 valence electrons. The lowest BCUT2D eigenvalue weighted by atomic mass is 10.2. The van der Waals surface area contributed by atoms with Crippen LogP contribution in [0.5, 0.6) is 0 Å². The minimum absolute atomic E-state index is 0.175. The zero-order valence-corrected chi connectivity index (χ0v) is 9.04. The quantitative estimate of drug-likeness (QED) is 0.836. The minimum Gasteiger partial charge on any atom is -0.407 e. The Kier molecular flexibility index (Phi) is 3.36. The van der Waals surface area contributed by atoms with E-state index in [9.17, 15) is 4.39 Å². The lowest BCUT2D eigenvalue weighted by molar-refractivity contribution is 0.525. The summed E-state index contributed by atoms with van der Waals surface area (Å²) < 4.78 is 18.0. The van der Waals surface area contributed by atoms with Gasteiger partial charge >= 0.3 is 6.01 Å². The predicted octanol–water partition coefficient (Wildman–Crippen LogP) is 2.56. The van der Waals surface area contributed by atoms with Crippen molar-refractivity contribution in [2.45, 2.75) is 12.4 Å². The molecule has 0 fully saturated rings. The third-order valence-corrected chi connectivity index (χ3v) is 2.14. The van der Waals surface area contributed by atoms with Crippen LogP contribution in [0.15, 0.2) is 28.7 Å². The maximum absolute atomic E-state index is 12.9. The average molecular weight is 242 g/mol. The largest absolute Gasteiger partial charge is 0.407 e. The summed E-state index contributed by atoms with van der Waals surface area (Å²) in [6.45, 7) is 0.418. The summed E-state index contributed by atoms with van der Waals surface area (Å²) in [7, 11) is 0. The SMILES string of the molecule is Fc1cccc(CNc2nnc(CCl)o2)c1. The molecule has 0 saturated carbocycles. The van der Waals surface area contributed by atoms with Gasteiger partial charge in [0, 0.05) is 6.54 Å². The molecule has 1 aromatic carbocycles. The van der Waals surface area contributed by atoms with Gasteiger partial charge in [-0.15, -0.1) is 16.7 Å². The molecule has 0 spiro atoms.